The van der Waals surface area contributed by atoms with Crippen LogP contribution in [0.3, 0.4) is 0 Å². The Bertz CT molecular complexity index is 771. The number of imidazole rings is 1. The predicted octanol–water partition coefficient (Wildman–Crippen LogP) is 2.40. The van der Waals surface area contributed by atoms with Crippen molar-refractivity contribution in [1.82, 2.24) is 9.55 Å². The number of hydrogen-bond donors (Lipinski definition) is 2. The quantitative estimate of drug-likeness (QED) is 0.667. The van der Waals surface area contributed by atoms with Crippen molar-refractivity contribution in [3.05, 3.63) is 60.4 Å². The van der Waals surface area contributed by atoms with Gasteiger partial charge in [0.15, 0.2) is 0 Å². The van der Waals surface area contributed by atoms with Gasteiger partial charge in [0.2, 0.25) is 0 Å². The molecule has 5 heteroatoms. The fraction of sp³-hybridized carbons (Fsp3) is 0.316. The summed E-state index contributed by atoms with van der Waals surface area (Å²) in [6.07, 6.45) is 0.688. The van der Waals surface area contributed by atoms with E-state index in [4.69, 9.17) is 9.84 Å². The van der Waals surface area contributed by atoms with Gasteiger partial charge >= 0.3 is 0 Å². The lowest BCUT2D eigenvalue weighted by Crippen LogP contribution is -2.24. The van der Waals surface area contributed by atoms with Gasteiger partial charge in [0.05, 0.1) is 17.6 Å². The molecule has 0 aliphatic rings. The Morgan fingerprint density at radius 3 is 2.58 bits per heavy atom. The molecule has 3 aromatic rings. The second-order valence-corrected chi connectivity index (χ2v) is 5.73. The van der Waals surface area contributed by atoms with Crippen LogP contribution in [0.5, 0.6) is 5.75 Å². The molecule has 24 heavy (non-hydrogen) atoms. The van der Waals surface area contributed by atoms with Gasteiger partial charge in [-0.3, -0.25) is 0 Å². The molecule has 126 valence electrons. The molecule has 1 aromatic heterocycles. The van der Waals surface area contributed by atoms with Crippen molar-refractivity contribution in [2.24, 2.45) is 0 Å². The van der Waals surface area contributed by atoms with E-state index in [9.17, 15) is 5.11 Å². The summed E-state index contributed by atoms with van der Waals surface area (Å²) in [7, 11) is 0. The van der Waals surface area contributed by atoms with Gasteiger partial charge in [0, 0.05) is 13.0 Å². The van der Waals surface area contributed by atoms with Crippen LogP contribution in [-0.4, -0.2) is 39.1 Å². The number of ether oxygens (including phenoxy) is 1. The third-order valence-electron chi connectivity index (χ3n) is 3.87. The minimum absolute atomic E-state index is 0.128. The summed E-state index contributed by atoms with van der Waals surface area (Å²) in [6, 6.07) is 17.3. The summed E-state index contributed by atoms with van der Waals surface area (Å²) in [6.45, 7) is 0.757. The van der Waals surface area contributed by atoms with Crippen LogP contribution in [0.4, 0.5) is 0 Å². The van der Waals surface area contributed by atoms with Gasteiger partial charge < -0.3 is 19.5 Å². The SMILES string of the molecule is OCCCc1nc2ccccc2n1CC(O)COc1ccccc1. The molecule has 0 aliphatic carbocycles. The van der Waals surface area contributed by atoms with Gasteiger partial charge in [-0.15, -0.1) is 0 Å². The molecular weight excluding hydrogens is 304 g/mol. The highest BCUT2D eigenvalue weighted by atomic mass is 16.5. The third-order valence-corrected chi connectivity index (χ3v) is 3.87. The lowest BCUT2D eigenvalue weighted by molar-refractivity contribution is 0.0926. The van der Waals surface area contributed by atoms with E-state index in [2.05, 4.69) is 4.98 Å². The van der Waals surface area contributed by atoms with E-state index in [1.807, 2.05) is 59.2 Å². The maximum atomic E-state index is 10.4. The Kier molecular flexibility index (Phi) is 5.46. The van der Waals surface area contributed by atoms with Crippen LogP contribution in [0, 0.1) is 0 Å². The zero-order valence-corrected chi connectivity index (χ0v) is 13.5. The minimum atomic E-state index is -0.643. The average molecular weight is 326 g/mol. The molecule has 0 amide bonds. The molecule has 2 aromatic carbocycles. The number of fused-ring (bicyclic) bond motifs is 1. The first kappa shape index (κ1) is 16.5. The van der Waals surface area contributed by atoms with Crippen LogP contribution >= 0.6 is 0 Å². The number of nitrogens with zero attached hydrogens (tertiary/aromatic N) is 2. The Labute approximate surface area is 141 Å². The summed E-state index contributed by atoms with van der Waals surface area (Å²) < 4.78 is 7.64. The van der Waals surface area contributed by atoms with Crippen LogP contribution in [0.1, 0.15) is 12.2 Å². The van der Waals surface area contributed by atoms with Gasteiger partial charge in [0.1, 0.15) is 24.3 Å². The number of hydrogen-bond acceptors (Lipinski definition) is 4. The minimum Gasteiger partial charge on any atom is -0.491 e. The number of aromatic nitrogens is 2. The van der Waals surface area contributed by atoms with E-state index in [0.717, 1.165) is 22.6 Å². The molecule has 0 bridgehead atoms. The predicted molar refractivity (Wildman–Crippen MR) is 93.1 cm³/mol. The molecule has 5 nitrogen and oxygen atoms in total. The fourth-order valence-electron chi connectivity index (χ4n) is 2.73. The van der Waals surface area contributed by atoms with Gasteiger partial charge in [0.25, 0.3) is 0 Å². The maximum Gasteiger partial charge on any atom is 0.119 e. The maximum absolute atomic E-state index is 10.4. The highest BCUT2D eigenvalue weighted by molar-refractivity contribution is 5.75. The topological polar surface area (TPSA) is 67.5 Å². The average Bonchev–Trinajstić information content (AvgIpc) is 2.97. The number of aliphatic hydroxyl groups excluding tert-OH is 2. The summed E-state index contributed by atoms with van der Waals surface area (Å²) in [5.41, 5.74) is 1.89. The van der Waals surface area contributed by atoms with Crippen molar-refractivity contribution in [1.29, 1.82) is 0 Å². The van der Waals surface area contributed by atoms with E-state index in [1.54, 1.807) is 0 Å². The molecule has 2 N–H and O–H groups in total. The van der Waals surface area contributed by atoms with Crippen molar-refractivity contribution in [3.63, 3.8) is 0 Å². The molecule has 0 aliphatic heterocycles. The molecule has 1 heterocycles. The summed E-state index contributed by atoms with van der Waals surface area (Å²) >= 11 is 0. The Morgan fingerprint density at radius 1 is 1.04 bits per heavy atom. The van der Waals surface area contributed by atoms with Gasteiger partial charge in [-0.1, -0.05) is 30.3 Å². The highest BCUT2D eigenvalue weighted by Gasteiger charge is 2.14. The number of benzene rings is 2. The largest absolute Gasteiger partial charge is 0.491 e. The molecule has 0 spiro atoms. The summed E-state index contributed by atoms with van der Waals surface area (Å²) in [4.78, 5) is 4.62. The van der Waals surface area contributed by atoms with E-state index >= 15 is 0 Å². The van der Waals surface area contributed by atoms with Crippen LogP contribution in [-0.2, 0) is 13.0 Å². The Morgan fingerprint density at radius 2 is 1.79 bits per heavy atom. The Balaban J connectivity index is 1.72. The zero-order chi connectivity index (χ0) is 16.8. The first-order valence-electron chi connectivity index (χ1n) is 8.19. The molecule has 0 radical (unpaired) electrons. The molecule has 0 saturated carbocycles. The summed E-state index contributed by atoms with van der Waals surface area (Å²) in [5.74, 6) is 1.62. The van der Waals surface area contributed by atoms with E-state index in [0.29, 0.717) is 19.4 Å². The molecule has 3 rings (SSSR count). The molecule has 1 unspecified atom stereocenters. The van der Waals surface area contributed by atoms with Gasteiger partial charge in [-0.25, -0.2) is 4.98 Å². The fourth-order valence-corrected chi connectivity index (χ4v) is 2.73. The van der Waals surface area contributed by atoms with E-state index < -0.39 is 6.10 Å². The highest BCUT2D eigenvalue weighted by Crippen LogP contribution is 2.18. The van der Waals surface area contributed by atoms with Gasteiger partial charge in [-0.05, 0) is 30.7 Å². The van der Waals surface area contributed by atoms with Gasteiger partial charge in [-0.2, -0.15) is 0 Å². The first-order valence-corrected chi connectivity index (χ1v) is 8.19. The Hall–Kier alpha value is -2.37. The number of rotatable bonds is 8. The van der Waals surface area contributed by atoms with Crippen LogP contribution in [0.2, 0.25) is 0 Å². The van der Waals surface area contributed by atoms with E-state index in [1.165, 1.54) is 0 Å². The monoisotopic (exact) mass is 326 g/mol. The standard InChI is InChI=1S/C19H22N2O3/c22-12-6-11-19-20-17-9-4-5-10-18(17)21(19)13-15(23)14-24-16-7-2-1-3-8-16/h1-5,7-10,15,22-23H,6,11-14H2. The van der Waals surface area contributed by atoms with Crippen molar-refractivity contribution < 1.29 is 14.9 Å². The van der Waals surface area contributed by atoms with Crippen molar-refractivity contribution in [2.45, 2.75) is 25.5 Å². The summed E-state index contributed by atoms with van der Waals surface area (Å²) in [5, 5.41) is 19.4. The number of aliphatic hydroxyl groups is 2. The lowest BCUT2D eigenvalue weighted by Gasteiger charge is -2.15. The van der Waals surface area contributed by atoms with Crippen molar-refractivity contribution >= 4 is 11.0 Å². The number of aryl methyl sites for hydroxylation is 1. The molecular formula is C19H22N2O3. The normalized spacial score (nSPS) is 12.4. The second-order valence-electron chi connectivity index (χ2n) is 5.73. The van der Waals surface area contributed by atoms with Crippen molar-refractivity contribution in [2.75, 3.05) is 13.2 Å². The van der Waals surface area contributed by atoms with Crippen LogP contribution in [0.15, 0.2) is 54.6 Å². The van der Waals surface area contributed by atoms with Crippen LogP contribution < -0.4 is 4.74 Å². The second kappa shape index (κ2) is 7.95. The lowest BCUT2D eigenvalue weighted by atomic mass is 10.2. The van der Waals surface area contributed by atoms with Crippen molar-refractivity contribution in [3.8, 4) is 5.75 Å². The van der Waals surface area contributed by atoms with E-state index in [-0.39, 0.29) is 13.2 Å². The zero-order valence-electron chi connectivity index (χ0n) is 13.5. The number of para-hydroxylation sites is 3. The smallest absolute Gasteiger partial charge is 0.119 e. The third kappa shape index (κ3) is 3.93. The first-order chi connectivity index (χ1) is 11.8. The molecule has 0 fully saturated rings. The molecule has 0 saturated heterocycles. The molecule has 1 atom stereocenters. The van der Waals surface area contributed by atoms with Crippen LogP contribution in [0.25, 0.3) is 11.0 Å².